The van der Waals surface area contributed by atoms with E-state index in [9.17, 15) is 0 Å². The van der Waals surface area contributed by atoms with Crippen LogP contribution in [0.3, 0.4) is 0 Å². The first-order valence-corrected chi connectivity index (χ1v) is 22.5. The zero-order chi connectivity index (χ0) is 42.4. The molecule has 0 unspecified atom stereocenters. The molecule has 3 nitrogen and oxygen atoms in total. The highest BCUT2D eigenvalue weighted by atomic mass is 16.3. The summed E-state index contributed by atoms with van der Waals surface area (Å²) >= 11 is 0. The highest BCUT2D eigenvalue weighted by molar-refractivity contribution is 6.94. The summed E-state index contributed by atoms with van der Waals surface area (Å²) in [5.74, 6) is 0.887. The number of aromatic nitrogens is 1. The second-order valence-electron chi connectivity index (χ2n) is 18.5. The summed E-state index contributed by atoms with van der Waals surface area (Å²) in [6.45, 7) is 6.80. The third kappa shape index (κ3) is 4.72. The van der Waals surface area contributed by atoms with Gasteiger partial charge in [0.05, 0.1) is 11.0 Å². The smallest absolute Gasteiger partial charge is 0.333 e. The number of rotatable bonds is 4. The Labute approximate surface area is 372 Å². The van der Waals surface area contributed by atoms with Crippen molar-refractivity contribution in [3.05, 3.63) is 211 Å². The molecule has 0 amide bonds. The van der Waals surface area contributed by atoms with Gasteiger partial charge in [0.15, 0.2) is 0 Å². The Balaban J connectivity index is 1.14. The van der Waals surface area contributed by atoms with E-state index >= 15 is 0 Å². The molecule has 4 heterocycles. The quantitative estimate of drug-likeness (QED) is 0.165. The lowest BCUT2D eigenvalue weighted by Crippen LogP contribution is -2.60. The lowest BCUT2D eigenvalue weighted by atomic mass is 9.43. The number of aryl methyl sites for hydroxylation is 1. The fourth-order valence-electron chi connectivity index (χ4n) is 11.8. The van der Waals surface area contributed by atoms with Crippen LogP contribution >= 0.6 is 0 Å². The Morgan fingerprint density at radius 2 is 1.19 bits per heavy atom. The van der Waals surface area contributed by atoms with E-state index in [0.29, 0.717) is 0 Å². The maximum Gasteiger partial charge on any atom is 0.333 e. The van der Waals surface area contributed by atoms with Crippen LogP contribution in [0.25, 0.3) is 94.3 Å². The Morgan fingerprint density at radius 1 is 0.500 bits per heavy atom. The minimum atomic E-state index is -0.140. The van der Waals surface area contributed by atoms with E-state index in [1.807, 2.05) is 0 Å². The van der Waals surface area contributed by atoms with Crippen LogP contribution < -0.4 is 15.7 Å². The average Bonchev–Trinajstić information content (AvgIpc) is 3.97. The standard InChI is InChI=1S/C60H41BN2O/c1-36-26-29-40(30-27-36)63-52-25-15-11-21-43(52)46-33-45(39-28-31-42-41-20-10-13-23-48(41)60(2,3)49(42)32-39)56-44-22-12-14-24-51(44)62-53-34-47-54(35-50(53)61(63)57(46)58(56)62)64-59(38-18-8-5-9-19-38)55(47)37-16-6-4-7-17-37/h4-35H,1-3H3. The van der Waals surface area contributed by atoms with Crippen molar-refractivity contribution < 1.29 is 4.42 Å². The summed E-state index contributed by atoms with van der Waals surface area (Å²) in [4.78, 5) is 2.59. The van der Waals surface area contributed by atoms with Crippen LogP contribution in [0, 0.1) is 6.92 Å². The van der Waals surface area contributed by atoms with Crippen LogP contribution in [0.1, 0.15) is 30.5 Å². The number of nitrogens with zero attached hydrogens (tertiary/aromatic N) is 2. The van der Waals surface area contributed by atoms with Crippen LogP contribution in [0.4, 0.5) is 11.4 Å². The molecule has 0 spiro atoms. The second-order valence-corrected chi connectivity index (χ2v) is 18.5. The molecule has 0 fully saturated rings. The summed E-state index contributed by atoms with van der Waals surface area (Å²) in [5.41, 5.74) is 24.4. The Bertz CT molecular complexity index is 3760. The van der Waals surface area contributed by atoms with E-state index in [4.69, 9.17) is 4.42 Å². The van der Waals surface area contributed by atoms with Gasteiger partial charge in [0, 0.05) is 55.3 Å². The minimum Gasteiger partial charge on any atom is -0.455 e. The number of anilines is 2. The number of para-hydroxylation sites is 2. The van der Waals surface area contributed by atoms with Crippen molar-refractivity contribution in [1.82, 2.24) is 4.57 Å². The van der Waals surface area contributed by atoms with E-state index in [0.717, 1.165) is 39.1 Å². The topological polar surface area (TPSA) is 21.3 Å². The molecule has 0 atom stereocenters. The van der Waals surface area contributed by atoms with E-state index in [1.54, 1.807) is 0 Å². The maximum absolute atomic E-state index is 7.13. The highest BCUT2D eigenvalue weighted by Crippen LogP contribution is 2.53. The summed E-state index contributed by atoms with van der Waals surface area (Å²) < 4.78 is 9.72. The molecule has 9 aromatic carbocycles. The van der Waals surface area contributed by atoms with Gasteiger partial charge in [-0.15, -0.1) is 0 Å². The monoisotopic (exact) mass is 816 g/mol. The fourth-order valence-corrected chi connectivity index (χ4v) is 11.8. The Hall–Kier alpha value is -7.82. The molecule has 64 heavy (non-hydrogen) atoms. The van der Waals surface area contributed by atoms with Crippen LogP contribution in [0.2, 0.25) is 0 Å². The maximum atomic E-state index is 7.13. The molecule has 0 bridgehead atoms. The zero-order valence-electron chi connectivity index (χ0n) is 35.9. The van der Waals surface area contributed by atoms with Crippen LogP contribution in [0.15, 0.2) is 199 Å². The third-order valence-electron chi connectivity index (χ3n) is 14.6. The molecule has 4 heteroatoms. The van der Waals surface area contributed by atoms with Gasteiger partial charge in [0.2, 0.25) is 0 Å². The zero-order valence-corrected chi connectivity index (χ0v) is 35.9. The van der Waals surface area contributed by atoms with Gasteiger partial charge in [-0.3, -0.25) is 0 Å². The highest BCUT2D eigenvalue weighted by Gasteiger charge is 2.45. The molecule has 1 aliphatic carbocycles. The summed E-state index contributed by atoms with van der Waals surface area (Å²) in [5, 5.41) is 3.65. The number of hydrogen-bond acceptors (Lipinski definition) is 2. The molecule has 300 valence electrons. The van der Waals surface area contributed by atoms with Gasteiger partial charge >= 0.3 is 6.85 Å². The van der Waals surface area contributed by atoms with Gasteiger partial charge in [0.1, 0.15) is 11.3 Å². The molecule has 2 aliphatic heterocycles. The molecule has 3 aliphatic rings. The van der Waals surface area contributed by atoms with Gasteiger partial charge in [0.25, 0.3) is 0 Å². The predicted octanol–water partition coefficient (Wildman–Crippen LogP) is 14.4. The Morgan fingerprint density at radius 3 is 2.00 bits per heavy atom. The summed E-state index contributed by atoms with van der Waals surface area (Å²) in [7, 11) is 0. The molecular formula is C60H41BN2O. The second kappa shape index (κ2) is 12.9. The van der Waals surface area contributed by atoms with Gasteiger partial charge in [-0.2, -0.15) is 0 Å². The first-order valence-electron chi connectivity index (χ1n) is 22.5. The van der Waals surface area contributed by atoms with Crippen molar-refractivity contribution in [1.29, 1.82) is 0 Å². The molecule has 0 radical (unpaired) electrons. The normalized spacial score (nSPS) is 13.9. The van der Waals surface area contributed by atoms with Crippen LogP contribution in [0.5, 0.6) is 0 Å². The minimum absolute atomic E-state index is 0.120. The number of benzene rings is 9. The largest absolute Gasteiger partial charge is 0.455 e. The lowest BCUT2D eigenvalue weighted by molar-refractivity contribution is 0.632. The third-order valence-corrected chi connectivity index (χ3v) is 14.6. The molecule has 0 N–H and O–H groups in total. The van der Waals surface area contributed by atoms with Crippen LogP contribution in [-0.4, -0.2) is 11.4 Å². The molecule has 14 rings (SSSR count). The van der Waals surface area contributed by atoms with E-state index in [-0.39, 0.29) is 12.3 Å². The van der Waals surface area contributed by atoms with Crippen LogP contribution in [-0.2, 0) is 5.41 Å². The first-order chi connectivity index (χ1) is 31.4. The van der Waals surface area contributed by atoms with Crippen molar-refractivity contribution >= 4 is 61.9 Å². The lowest BCUT2D eigenvalue weighted by Gasteiger charge is -2.42. The van der Waals surface area contributed by atoms with Gasteiger partial charge in [-0.25, -0.2) is 0 Å². The SMILES string of the molecule is Cc1ccc(N2B3c4cc5oc(-c6ccccc6)c(-c6ccccc6)c5cc4-n4c5ccccc5c5c(-c6ccc7c(c6)C(C)(C)c6ccccc6-7)cc(c3c54)-c3ccccc32)cc1. The molecule has 11 aromatic rings. The molecule has 2 aromatic heterocycles. The van der Waals surface area contributed by atoms with Crippen molar-refractivity contribution in [3.63, 3.8) is 0 Å². The summed E-state index contributed by atoms with van der Waals surface area (Å²) in [6.07, 6.45) is 0. The fraction of sp³-hybridized carbons (Fsp3) is 0.0667. The molecule has 0 saturated heterocycles. The van der Waals surface area contributed by atoms with Crippen molar-refractivity contribution in [2.45, 2.75) is 26.2 Å². The van der Waals surface area contributed by atoms with Gasteiger partial charge < -0.3 is 13.8 Å². The Kier molecular flexibility index (Phi) is 7.19. The van der Waals surface area contributed by atoms with Gasteiger partial charge in [-0.05, 0) is 111 Å². The summed E-state index contributed by atoms with van der Waals surface area (Å²) in [6, 6.07) is 72.1. The molecular weight excluding hydrogens is 775 g/mol. The van der Waals surface area contributed by atoms with Crippen molar-refractivity contribution in [3.8, 4) is 61.5 Å². The van der Waals surface area contributed by atoms with Gasteiger partial charge in [-0.1, -0.05) is 165 Å². The number of hydrogen-bond donors (Lipinski definition) is 0. The van der Waals surface area contributed by atoms with E-state index in [2.05, 4.69) is 224 Å². The number of fused-ring (bicyclic) bond motifs is 12. The predicted molar refractivity (Wildman–Crippen MR) is 268 cm³/mol. The number of furan rings is 1. The average molecular weight is 817 g/mol. The molecule has 0 saturated carbocycles. The van der Waals surface area contributed by atoms with Crippen molar-refractivity contribution in [2.75, 3.05) is 4.81 Å². The van der Waals surface area contributed by atoms with Crippen molar-refractivity contribution in [2.24, 2.45) is 0 Å². The van der Waals surface area contributed by atoms with E-state index in [1.165, 1.54) is 94.2 Å². The first kappa shape index (κ1) is 35.7. The van der Waals surface area contributed by atoms with E-state index < -0.39 is 0 Å².